The molecule has 0 radical (unpaired) electrons. The number of hydrogen-bond acceptors (Lipinski definition) is 4. The van der Waals surface area contributed by atoms with Crippen LogP contribution in [0.15, 0.2) is 0 Å². The fourth-order valence-electron chi connectivity index (χ4n) is 0. The average Bonchev–Trinajstić information content (AvgIpc) is 0.722. The quantitative estimate of drug-likeness (QED) is 0.340. The van der Waals surface area contributed by atoms with E-state index in [2.05, 4.69) is 0 Å². The maximum absolute atomic E-state index is 8.58. The van der Waals surface area contributed by atoms with Crippen molar-refractivity contribution in [1.29, 1.82) is 0 Å². The van der Waals surface area contributed by atoms with E-state index < -0.39 is 13.0 Å². The van der Waals surface area contributed by atoms with Crippen molar-refractivity contribution in [3.8, 4) is 0 Å². The van der Waals surface area contributed by atoms with E-state index in [4.69, 9.17) is 15.7 Å². The summed E-state index contributed by atoms with van der Waals surface area (Å²) in [5, 5.41) is 0. The molecule has 8 heteroatoms. The molecule has 0 heterocycles. The van der Waals surface area contributed by atoms with E-state index >= 15 is 0 Å². The first-order valence-corrected chi connectivity index (χ1v) is 2.54. The second-order valence-corrected chi connectivity index (χ2v) is 1.56. The van der Waals surface area contributed by atoms with Crippen LogP contribution >= 0.6 is 0 Å². The third kappa shape index (κ3) is 358. The summed E-state index contributed by atoms with van der Waals surface area (Å²) in [6.07, 6.45) is 0. The van der Waals surface area contributed by atoms with Crippen LogP contribution in [-0.2, 0) is 24.5 Å². The van der Waals surface area contributed by atoms with Crippen LogP contribution in [0, 0.1) is 0 Å². The van der Waals surface area contributed by atoms with Gasteiger partial charge in [-0.2, -0.15) is 0 Å². The van der Waals surface area contributed by atoms with Crippen LogP contribution in [0.2, 0.25) is 0 Å². The normalized spacial score (nSPS) is 7.12. The maximum atomic E-state index is 8.58. The second-order valence-electron chi connectivity index (χ2n) is 0.378. The fraction of sp³-hybridized carbons (Fsp3) is 0. The Morgan fingerprint density at radius 1 is 1.00 bits per heavy atom. The molecule has 0 spiro atoms. The predicted molar refractivity (Wildman–Crippen MR) is 9.29 cm³/mol. The summed E-state index contributed by atoms with van der Waals surface area (Å²) in [4.78, 5) is 0. The van der Waals surface area contributed by atoms with Gasteiger partial charge in [-0.15, -0.1) is 0 Å². The minimum absolute atomic E-state index is 0. The van der Waals surface area contributed by atoms with Crippen molar-refractivity contribution in [2.75, 3.05) is 0 Å². The Kier molecular flexibility index (Phi) is 22.7. The average molecular weight is 178 g/mol. The van der Waals surface area contributed by atoms with Crippen molar-refractivity contribution in [3.63, 3.8) is 0 Å². The SMILES string of the molecule is O.O.[Na+].[O]=[Mn](=[O])(=[O])[O-]. The number of rotatable bonds is 0. The molecule has 8 heavy (non-hydrogen) atoms. The Morgan fingerprint density at radius 2 is 1.00 bits per heavy atom. The molecule has 0 fully saturated rings. The summed E-state index contributed by atoms with van der Waals surface area (Å²) in [6.45, 7) is 0. The van der Waals surface area contributed by atoms with Crippen LogP contribution in [0.1, 0.15) is 0 Å². The molecule has 0 saturated heterocycles. The summed E-state index contributed by atoms with van der Waals surface area (Å²) in [6, 6.07) is 0. The Balaban J connectivity index is -0.0000000267. The van der Waals surface area contributed by atoms with E-state index in [0.717, 1.165) is 0 Å². The van der Waals surface area contributed by atoms with Gasteiger partial charge in [0.1, 0.15) is 0 Å². The van der Waals surface area contributed by atoms with Gasteiger partial charge in [0.05, 0.1) is 0 Å². The van der Waals surface area contributed by atoms with E-state index in [9.17, 15) is 0 Å². The van der Waals surface area contributed by atoms with Gasteiger partial charge in [0, 0.05) is 0 Å². The van der Waals surface area contributed by atoms with Crippen LogP contribution in [0.4, 0.5) is 0 Å². The van der Waals surface area contributed by atoms with Crippen molar-refractivity contribution in [2.24, 2.45) is 0 Å². The zero-order chi connectivity index (χ0) is 4.50. The first-order valence-electron chi connectivity index (χ1n) is 0.617. The molecule has 48 valence electrons. The molecule has 0 aliphatic heterocycles. The van der Waals surface area contributed by atoms with Crippen molar-refractivity contribution in [2.45, 2.75) is 0 Å². The molecular weight excluding hydrogens is 174 g/mol. The monoisotopic (exact) mass is 178 g/mol. The molecule has 0 bridgehead atoms. The topological polar surface area (TPSA) is 137 Å². The molecule has 0 saturated carbocycles. The predicted octanol–water partition coefficient (Wildman–Crippen LogP) is -6.19. The molecule has 0 amide bonds. The first kappa shape index (κ1) is 23.2. The summed E-state index contributed by atoms with van der Waals surface area (Å²) in [5.41, 5.74) is 0. The van der Waals surface area contributed by atoms with Gasteiger partial charge >= 0.3 is 58.2 Å². The van der Waals surface area contributed by atoms with Crippen molar-refractivity contribution in [3.05, 3.63) is 0 Å². The van der Waals surface area contributed by atoms with Gasteiger partial charge in [-0.1, -0.05) is 0 Å². The van der Waals surface area contributed by atoms with Crippen LogP contribution < -0.4 is 33.7 Å². The zero-order valence-corrected chi connectivity index (χ0v) is 7.19. The van der Waals surface area contributed by atoms with Gasteiger partial charge in [0.15, 0.2) is 0 Å². The summed E-state index contributed by atoms with van der Waals surface area (Å²) in [7, 11) is 0. The van der Waals surface area contributed by atoms with E-state index in [0.29, 0.717) is 0 Å². The Hall–Kier alpha value is 0.799. The van der Waals surface area contributed by atoms with Gasteiger partial charge in [-0.3, -0.25) is 0 Å². The molecule has 4 N–H and O–H groups in total. The molecule has 0 aromatic carbocycles. The van der Waals surface area contributed by atoms with E-state index in [1.54, 1.807) is 0 Å². The molecule has 0 unspecified atom stereocenters. The van der Waals surface area contributed by atoms with Gasteiger partial charge in [-0.05, 0) is 0 Å². The fourth-order valence-corrected chi connectivity index (χ4v) is 0. The molecular formula is H4MnNaO6. The Bertz CT molecular complexity index is 130. The van der Waals surface area contributed by atoms with Crippen molar-refractivity contribution in [1.82, 2.24) is 0 Å². The first-order chi connectivity index (χ1) is 2.00. The van der Waals surface area contributed by atoms with Crippen molar-refractivity contribution < 1.29 is 69.2 Å². The van der Waals surface area contributed by atoms with Crippen LogP contribution in [-0.4, -0.2) is 11.0 Å². The molecule has 0 atom stereocenters. The zero-order valence-electron chi connectivity index (χ0n) is 4.01. The molecule has 6 nitrogen and oxygen atoms in total. The molecule has 0 aliphatic rings. The molecule has 0 aromatic heterocycles. The van der Waals surface area contributed by atoms with Gasteiger partial charge in [-0.25, -0.2) is 0 Å². The summed E-state index contributed by atoms with van der Waals surface area (Å²) >= 11 is -5.62. The second kappa shape index (κ2) is 7.80. The molecule has 0 aliphatic carbocycles. The minimum atomic E-state index is -5.62. The summed E-state index contributed by atoms with van der Waals surface area (Å²) in [5.74, 6) is 0. The van der Waals surface area contributed by atoms with Crippen LogP contribution in [0.3, 0.4) is 0 Å². The van der Waals surface area contributed by atoms with Crippen LogP contribution in [0.25, 0.3) is 0 Å². The van der Waals surface area contributed by atoms with Crippen LogP contribution in [0.5, 0.6) is 0 Å². The van der Waals surface area contributed by atoms with E-state index in [1.807, 2.05) is 0 Å². The standard InChI is InChI=1S/Mn.Na.2H2O.4O/h;;2*1H2;;;;/q;+1;;;;;;-1. The van der Waals surface area contributed by atoms with Crippen molar-refractivity contribution >= 4 is 0 Å². The summed E-state index contributed by atoms with van der Waals surface area (Å²) < 4.78 is 34.3. The Morgan fingerprint density at radius 3 is 1.00 bits per heavy atom. The third-order valence-corrected chi connectivity index (χ3v) is 0. The molecule has 0 rings (SSSR count). The van der Waals surface area contributed by atoms with Gasteiger partial charge in [0.2, 0.25) is 0 Å². The number of hydrogen-bond donors (Lipinski definition) is 0. The Labute approximate surface area is 69.0 Å². The van der Waals surface area contributed by atoms with Gasteiger partial charge in [0.25, 0.3) is 0 Å². The van der Waals surface area contributed by atoms with E-state index in [-0.39, 0.29) is 40.5 Å². The van der Waals surface area contributed by atoms with E-state index in [1.165, 1.54) is 0 Å². The van der Waals surface area contributed by atoms with Gasteiger partial charge < -0.3 is 11.0 Å². The third-order valence-electron chi connectivity index (χ3n) is 0. The molecule has 0 aromatic rings.